The fraction of sp³-hybridized carbons (Fsp3) is 0.500. The molecule has 2 N–H and O–H groups in total. The van der Waals surface area contributed by atoms with Crippen LogP contribution in [0.2, 0.25) is 0 Å². The molecule has 1 rings (SSSR count). The number of hydrogen-bond acceptors (Lipinski definition) is 6. The normalized spacial score (nSPS) is 11.4. The van der Waals surface area contributed by atoms with Crippen molar-refractivity contribution in [2.75, 3.05) is 20.3 Å². The van der Waals surface area contributed by atoms with Gasteiger partial charge in [0.2, 0.25) is 0 Å². The van der Waals surface area contributed by atoms with Crippen molar-refractivity contribution in [2.45, 2.75) is 19.4 Å². The molecule has 0 saturated heterocycles. The summed E-state index contributed by atoms with van der Waals surface area (Å²) in [6, 6.07) is 2.61. The van der Waals surface area contributed by atoms with Crippen LogP contribution in [0.15, 0.2) is 12.1 Å². The summed E-state index contributed by atoms with van der Waals surface area (Å²) in [5, 5.41) is 29.2. The molecule has 0 saturated carbocycles. The second-order valence-corrected chi connectivity index (χ2v) is 3.92. The van der Waals surface area contributed by atoms with Crippen LogP contribution in [0.25, 0.3) is 0 Å². The largest absolute Gasteiger partial charge is 0.493 e. The average Bonchev–Trinajstić information content (AvgIpc) is 2.38. The van der Waals surface area contributed by atoms with Crippen LogP contribution in [0.1, 0.15) is 25.0 Å². The van der Waals surface area contributed by atoms with Gasteiger partial charge in [0.25, 0.3) is 5.69 Å². The minimum Gasteiger partial charge on any atom is -0.493 e. The zero-order valence-electron chi connectivity index (χ0n) is 11.4. The van der Waals surface area contributed by atoms with Crippen LogP contribution in [0.3, 0.4) is 0 Å². The van der Waals surface area contributed by atoms with Gasteiger partial charge in [0.1, 0.15) is 0 Å². The number of aliphatic hydroxyl groups excluding tert-OH is 2. The predicted octanol–water partition coefficient (Wildman–Crippen LogP) is 1.42. The minimum absolute atomic E-state index is 0. The number of ether oxygens (including phenoxy) is 2. The second-order valence-electron chi connectivity index (χ2n) is 3.92. The summed E-state index contributed by atoms with van der Waals surface area (Å²) in [5.74, 6) is 0.520. The quantitative estimate of drug-likeness (QED) is 0.335. The van der Waals surface area contributed by atoms with Crippen molar-refractivity contribution in [3.8, 4) is 11.5 Å². The van der Waals surface area contributed by atoms with Gasteiger partial charge in [-0.25, -0.2) is 0 Å². The molecule has 1 unspecified atom stereocenters. The van der Waals surface area contributed by atoms with Crippen LogP contribution in [-0.4, -0.2) is 35.5 Å². The Labute approximate surface area is 152 Å². The Morgan fingerprint density at radius 3 is 2.50 bits per heavy atom. The number of nitro benzene ring substituents is 1. The molecule has 109 valence electrons. The van der Waals surface area contributed by atoms with Crippen molar-refractivity contribution in [2.24, 2.45) is 0 Å². The van der Waals surface area contributed by atoms with E-state index in [9.17, 15) is 15.2 Å². The number of methoxy groups -OCH3 is 1. The average molecular weight is 498 g/mol. The molecular formula is C12H17AcNO6. The summed E-state index contributed by atoms with van der Waals surface area (Å²) in [6.45, 7) is 1.63. The molecule has 1 aromatic carbocycles. The molecule has 0 spiro atoms. The fourth-order valence-corrected chi connectivity index (χ4v) is 1.58. The van der Waals surface area contributed by atoms with Gasteiger partial charge in [-0.1, -0.05) is 0 Å². The van der Waals surface area contributed by atoms with Gasteiger partial charge in [-0.3, -0.25) is 10.1 Å². The summed E-state index contributed by atoms with van der Waals surface area (Å²) in [7, 11) is 1.41. The van der Waals surface area contributed by atoms with Crippen molar-refractivity contribution in [1.29, 1.82) is 0 Å². The van der Waals surface area contributed by atoms with Crippen molar-refractivity contribution < 1.29 is 68.7 Å². The van der Waals surface area contributed by atoms with Crippen LogP contribution in [0.5, 0.6) is 11.5 Å². The first-order valence-corrected chi connectivity index (χ1v) is 5.79. The first-order valence-electron chi connectivity index (χ1n) is 5.79. The molecule has 0 aliphatic carbocycles. The van der Waals surface area contributed by atoms with Crippen LogP contribution < -0.4 is 9.47 Å². The van der Waals surface area contributed by atoms with Gasteiger partial charge in [-0.15, -0.1) is 0 Å². The maximum atomic E-state index is 11.0. The third-order valence-electron chi connectivity index (χ3n) is 2.52. The topological polar surface area (TPSA) is 102 Å². The number of hydrogen-bond donors (Lipinski definition) is 2. The molecule has 0 aliphatic heterocycles. The van der Waals surface area contributed by atoms with Gasteiger partial charge in [-0.05, 0) is 13.0 Å². The first kappa shape index (κ1) is 19.6. The van der Waals surface area contributed by atoms with Crippen LogP contribution in [-0.2, 0) is 0 Å². The molecule has 7 nitrogen and oxygen atoms in total. The van der Waals surface area contributed by atoms with Gasteiger partial charge in [0.05, 0.1) is 36.4 Å². The van der Waals surface area contributed by atoms with E-state index in [0.29, 0.717) is 12.2 Å². The Balaban J connectivity index is 0.00000361. The summed E-state index contributed by atoms with van der Waals surface area (Å²) < 4.78 is 10.4. The maximum Gasteiger partial charge on any atom is 0.279 e. The Morgan fingerprint density at radius 1 is 1.40 bits per heavy atom. The molecule has 8 heteroatoms. The molecule has 0 aliphatic rings. The SMILES string of the molecule is COc1cc(C(C)O)c([N+](=O)[O-])cc1OCCCO.[Ac]. The van der Waals surface area contributed by atoms with Crippen LogP contribution >= 0.6 is 0 Å². The molecule has 0 heterocycles. The summed E-state index contributed by atoms with van der Waals surface area (Å²) >= 11 is 0. The van der Waals surface area contributed by atoms with E-state index in [2.05, 4.69) is 0 Å². The van der Waals surface area contributed by atoms with Crippen molar-refractivity contribution in [1.82, 2.24) is 0 Å². The third kappa shape index (κ3) is 5.17. The first-order chi connectivity index (χ1) is 9.01. The van der Waals surface area contributed by atoms with Crippen molar-refractivity contribution in [3.05, 3.63) is 27.8 Å². The standard InChI is InChI=1S/C12H17NO6.Ac/c1-8(15)9-6-11(18-2)12(19-5-3-4-14)7-10(9)13(16)17;/h6-8,14-15H,3-5H2,1-2H3;. The minimum atomic E-state index is -0.985. The Kier molecular flexibility index (Phi) is 9.31. The number of benzene rings is 1. The van der Waals surface area contributed by atoms with Crippen LogP contribution in [0.4, 0.5) is 5.69 Å². The van der Waals surface area contributed by atoms with E-state index in [1.807, 2.05) is 0 Å². The number of rotatable bonds is 7. The maximum absolute atomic E-state index is 11.0. The van der Waals surface area contributed by atoms with Crippen LogP contribution in [0, 0.1) is 54.2 Å². The summed E-state index contributed by atoms with van der Waals surface area (Å²) in [5.41, 5.74) is -0.0637. The van der Waals surface area contributed by atoms with Gasteiger partial charge in [0.15, 0.2) is 11.5 Å². The fourth-order valence-electron chi connectivity index (χ4n) is 1.58. The number of nitro groups is 1. The van der Waals surface area contributed by atoms with E-state index in [4.69, 9.17) is 14.6 Å². The second kappa shape index (κ2) is 9.51. The van der Waals surface area contributed by atoms with E-state index >= 15 is 0 Å². The predicted molar refractivity (Wildman–Crippen MR) is 67.5 cm³/mol. The Hall–Kier alpha value is -0.418. The van der Waals surface area contributed by atoms with Gasteiger partial charge < -0.3 is 19.7 Å². The van der Waals surface area contributed by atoms with Crippen molar-refractivity contribution in [3.63, 3.8) is 0 Å². The molecule has 0 amide bonds. The van der Waals surface area contributed by atoms with Gasteiger partial charge in [0, 0.05) is 57.1 Å². The molecule has 0 bridgehead atoms. The van der Waals surface area contributed by atoms with Gasteiger partial charge in [-0.2, -0.15) is 0 Å². The van der Waals surface area contributed by atoms with E-state index in [1.54, 1.807) is 0 Å². The van der Waals surface area contributed by atoms with E-state index < -0.39 is 11.0 Å². The van der Waals surface area contributed by atoms with Crippen molar-refractivity contribution >= 4 is 5.69 Å². The zero-order chi connectivity index (χ0) is 14.4. The third-order valence-corrected chi connectivity index (χ3v) is 2.52. The van der Waals surface area contributed by atoms with E-state index in [0.717, 1.165) is 0 Å². The molecular weight excluding hydrogens is 481 g/mol. The Bertz CT molecular complexity index is 452. The monoisotopic (exact) mass is 498 g/mol. The number of aliphatic hydroxyl groups is 2. The number of nitrogens with zero attached hydrogens (tertiary/aromatic N) is 1. The summed E-state index contributed by atoms with van der Waals surface area (Å²) in [6.07, 6.45) is -0.574. The smallest absolute Gasteiger partial charge is 0.279 e. The Morgan fingerprint density at radius 2 is 2.05 bits per heavy atom. The molecule has 1 radical (unpaired) electrons. The zero-order valence-corrected chi connectivity index (χ0v) is 16.2. The molecule has 20 heavy (non-hydrogen) atoms. The van der Waals surface area contributed by atoms with E-state index in [1.165, 1.54) is 26.2 Å². The van der Waals surface area contributed by atoms with E-state index in [-0.39, 0.29) is 74.3 Å². The van der Waals surface area contributed by atoms with Gasteiger partial charge >= 0.3 is 0 Å². The summed E-state index contributed by atoms with van der Waals surface area (Å²) in [4.78, 5) is 10.4. The molecule has 0 fully saturated rings. The molecule has 1 atom stereocenters. The molecule has 0 aromatic heterocycles. The molecule has 1 aromatic rings.